The van der Waals surface area contributed by atoms with Gasteiger partial charge in [-0.2, -0.15) is 5.10 Å². The van der Waals surface area contributed by atoms with Crippen molar-refractivity contribution < 1.29 is 4.79 Å². The predicted octanol–water partition coefficient (Wildman–Crippen LogP) is 0.781. The van der Waals surface area contributed by atoms with E-state index in [4.69, 9.17) is 0 Å². The lowest BCUT2D eigenvalue weighted by Gasteiger charge is -2.09. The molecule has 0 fully saturated rings. The summed E-state index contributed by atoms with van der Waals surface area (Å²) in [6.07, 6.45) is 2.60. The van der Waals surface area contributed by atoms with Gasteiger partial charge in [0.1, 0.15) is 0 Å². The van der Waals surface area contributed by atoms with Crippen molar-refractivity contribution in [2.24, 2.45) is 5.10 Å². The lowest BCUT2D eigenvalue weighted by Crippen LogP contribution is -2.23. The van der Waals surface area contributed by atoms with Crippen molar-refractivity contribution in [2.75, 3.05) is 6.54 Å². The fraction of sp³-hybridized carbons (Fsp3) is 0.429. The van der Waals surface area contributed by atoms with Crippen molar-refractivity contribution in [3.8, 4) is 0 Å². The highest BCUT2D eigenvalue weighted by Crippen LogP contribution is 2.04. The van der Waals surface area contributed by atoms with Gasteiger partial charge in [0.2, 0.25) is 0 Å². The Morgan fingerprint density at radius 3 is 2.90 bits per heavy atom. The second kappa shape index (κ2) is 2.64. The van der Waals surface area contributed by atoms with Crippen LogP contribution in [0.2, 0.25) is 0 Å². The fourth-order valence-corrected chi connectivity index (χ4v) is 0.768. The molecule has 0 spiro atoms. The molecule has 10 heavy (non-hydrogen) atoms. The number of amides is 1. The molecule has 1 heterocycles. The summed E-state index contributed by atoms with van der Waals surface area (Å²) in [7, 11) is 0. The van der Waals surface area contributed by atoms with E-state index in [0.717, 1.165) is 6.42 Å². The van der Waals surface area contributed by atoms with Crippen LogP contribution in [0.25, 0.3) is 0 Å². The summed E-state index contributed by atoms with van der Waals surface area (Å²) in [6.45, 7) is 5.93. The molecule has 3 heteroatoms. The van der Waals surface area contributed by atoms with Crippen LogP contribution >= 0.6 is 0 Å². The first kappa shape index (κ1) is 6.99. The van der Waals surface area contributed by atoms with Crippen LogP contribution in [0.3, 0.4) is 0 Å². The number of hydrogen-bond donors (Lipinski definition) is 0. The van der Waals surface area contributed by atoms with Gasteiger partial charge < -0.3 is 0 Å². The van der Waals surface area contributed by atoms with Gasteiger partial charge in [-0.1, -0.05) is 6.58 Å². The molecule has 0 N–H and O–H groups in total. The first-order valence-electron chi connectivity index (χ1n) is 3.21. The van der Waals surface area contributed by atoms with Crippen LogP contribution in [0.15, 0.2) is 17.3 Å². The molecule has 0 bridgehead atoms. The highest BCUT2D eigenvalue weighted by atomic mass is 16.2. The molecule has 1 aliphatic heterocycles. The molecule has 54 valence electrons. The maximum absolute atomic E-state index is 11.1. The van der Waals surface area contributed by atoms with Gasteiger partial charge in [0, 0.05) is 24.8 Å². The van der Waals surface area contributed by atoms with E-state index < -0.39 is 0 Å². The van der Waals surface area contributed by atoms with E-state index in [1.807, 2.05) is 0 Å². The number of carbonyl (C=O) groups is 1. The largest absolute Gasteiger partial charge is 0.268 e. The van der Waals surface area contributed by atoms with Crippen LogP contribution in [0.1, 0.15) is 13.3 Å². The Hall–Kier alpha value is -1.12. The zero-order chi connectivity index (χ0) is 7.56. The summed E-state index contributed by atoms with van der Waals surface area (Å²) in [5.74, 6) is -0.0752. The molecule has 0 aliphatic carbocycles. The van der Waals surface area contributed by atoms with Gasteiger partial charge in [-0.15, -0.1) is 0 Å². The zero-order valence-electron chi connectivity index (χ0n) is 6.00. The van der Waals surface area contributed by atoms with Gasteiger partial charge in [-0.05, 0) is 6.92 Å². The average Bonchev–Trinajstić information content (AvgIpc) is 2.36. The van der Waals surface area contributed by atoms with Crippen molar-refractivity contribution in [3.63, 3.8) is 0 Å². The van der Waals surface area contributed by atoms with E-state index >= 15 is 0 Å². The second-order valence-electron chi connectivity index (χ2n) is 2.30. The highest BCUT2D eigenvalue weighted by Gasteiger charge is 2.14. The van der Waals surface area contributed by atoms with Gasteiger partial charge in [0.25, 0.3) is 5.91 Å². The molecular formula is C7H10N2O. The Kier molecular flexibility index (Phi) is 1.85. The molecule has 1 amide bonds. The normalized spacial score (nSPS) is 15.9. The van der Waals surface area contributed by atoms with Crippen LogP contribution in [0, 0.1) is 0 Å². The molecule has 1 rings (SSSR count). The van der Waals surface area contributed by atoms with Gasteiger partial charge in [0.05, 0.1) is 0 Å². The van der Waals surface area contributed by atoms with E-state index in [1.54, 1.807) is 13.1 Å². The number of rotatable bonds is 1. The fourth-order valence-electron chi connectivity index (χ4n) is 0.768. The van der Waals surface area contributed by atoms with Crippen LogP contribution in [0.5, 0.6) is 0 Å². The third kappa shape index (κ3) is 1.23. The van der Waals surface area contributed by atoms with E-state index in [2.05, 4.69) is 11.7 Å². The number of nitrogens with zero attached hydrogens (tertiary/aromatic N) is 2. The van der Waals surface area contributed by atoms with Crippen LogP contribution in [0.4, 0.5) is 0 Å². The van der Waals surface area contributed by atoms with Crippen molar-refractivity contribution in [3.05, 3.63) is 12.2 Å². The van der Waals surface area contributed by atoms with Crippen molar-refractivity contribution in [2.45, 2.75) is 13.3 Å². The minimum absolute atomic E-state index is 0.0752. The van der Waals surface area contributed by atoms with Gasteiger partial charge >= 0.3 is 0 Å². The smallest absolute Gasteiger partial charge is 0.268 e. The van der Waals surface area contributed by atoms with Gasteiger partial charge in [-0.25, -0.2) is 5.01 Å². The standard InChI is InChI=1S/C7H10N2O/c1-6(2)7(10)9-5-3-4-8-9/h4H,1,3,5H2,2H3. The SMILES string of the molecule is C=C(C)C(=O)N1CCC=N1. The molecule has 1 aliphatic rings. The Labute approximate surface area is 60.0 Å². The molecule has 0 saturated heterocycles. The zero-order valence-corrected chi connectivity index (χ0v) is 6.00. The van der Waals surface area contributed by atoms with Crippen molar-refractivity contribution in [1.29, 1.82) is 0 Å². The Bertz CT molecular complexity index is 196. The Morgan fingerprint density at radius 1 is 1.80 bits per heavy atom. The Morgan fingerprint density at radius 2 is 2.50 bits per heavy atom. The molecule has 0 atom stereocenters. The summed E-state index contributed by atoms with van der Waals surface area (Å²) in [6, 6.07) is 0. The molecular weight excluding hydrogens is 128 g/mol. The lowest BCUT2D eigenvalue weighted by atomic mass is 10.3. The summed E-state index contributed by atoms with van der Waals surface area (Å²) < 4.78 is 0. The van der Waals surface area contributed by atoms with Crippen LogP contribution < -0.4 is 0 Å². The van der Waals surface area contributed by atoms with Crippen molar-refractivity contribution in [1.82, 2.24) is 5.01 Å². The van der Waals surface area contributed by atoms with E-state index in [-0.39, 0.29) is 5.91 Å². The molecule has 0 radical (unpaired) electrons. The predicted molar refractivity (Wildman–Crippen MR) is 39.6 cm³/mol. The highest BCUT2D eigenvalue weighted by molar-refractivity contribution is 5.93. The Balaban J connectivity index is 2.57. The van der Waals surface area contributed by atoms with Crippen molar-refractivity contribution >= 4 is 12.1 Å². The van der Waals surface area contributed by atoms with Crippen LogP contribution in [-0.2, 0) is 4.79 Å². The number of hydrogen-bond acceptors (Lipinski definition) is 2. The lowest BCUT2D eigenvalue weighted by molar-refractivity contribution is -0.126. The monoisotopic (exact) mass is 138 g/mol. The third-order valence-corrected chi connectivity index (χ3v) is 1.29. The molecule has 0 aromatic rings. The first-order chi connectivity index (χ1) is 4.72. The quantitative estimate of drug-likeness (QED) is 0.493. The van der Waals surface area contributed by atoms with E-state index in [1.165, 1.54) is 5.01 Å². The maximum Gasteiger partial charge on any atom is 0.268 e. The maximum atomic E-state index is 11.1. The molecule has 0 aromatic heterocycles. The molecule has 0 unspecified atom stereocenters. The summed E-state index contributed by atoms with van der Waals surface area (Å²) in [4.78, 5) is 11.1. The summed E-state index contributed by atoms with van der Waals surface area (Å²) >= 11 is 0. The number of hydrazone groups is 1. The second-order valence-corrected chi connectivity index (χ2v) is 2.30. The van der Waals surface area contributed by atoms with E-state index in [0.29, 0.717) is 12.1 Å². The van der Waals surface area contributed by atoms with Gasteiger partial charge in [-0.3, -0.25) is 4.79 Å². The topological polar surface area (TPSA) is 32.7 Å². The molecule has 0 aromatic carbocycles. The molecule has 0 saturated carbocycles. The molecule has 3 nitrogen and oxygen atoms in total. The van der Waals surface area contributed by atoms with E-state index in [9.17, 15) is 4.79 Å². The third-order valence-electron chi connectivity index (χ3n) is 1.29. The summed E-state index contributed by atoms with van der Waals surface area (Å²) in [5, 5.41) is 5.29. The number of carbonyl (C=O) groups excluding carboxylic acids is 1. The van der Waals surface area contributed by atoms with Gasteiger partial charge in [0.15, 0.2) is 0 Å². The minimum Gasteiger partial charge on any atom is -0.268 e. The first-order valence-corrected chi connectivity index (χ1v) is 3.21. The minimum atomic E-state index is -0.0752. The summed E-state index contributed by atoms with van der Waals surface area (Å²) in [5.41, 5.74) is 0.541. The van der Waals surface area contributed by atoms with Crippen LogP contribution in [-0.4, -0.2) is 23.7 Å². The average molecular weight is 138 g/mol.